The van der Waals surface area contributed by atoms with E-state index in [9.17, 15) is 13.2 Å². The number of hydrogen-bond donors (Lipinski definition) is 1. The van der Waals surface area contributed by atoms with Gasteiger partial charge in [-0.15, -0.1) is 0 Å². The van der Waals surface area contributed by atoms with Crippen molar-refractivity contribution in [1.29, 1.82) is 0 Å². The van der Waals surface area contributed by atoms with Gasteiger partial charge in [0.2, 0.25) is 11.9 Å². The van der Waals surface area contributed by atoms with Crippen LogP contribution in [0.4, 0.5) is 30.9 Å². The summed E-state index contributed by atoms with van der Waals surface area (Å²) in [6, 6.07) is 0.0589. The topological polar surface area (TPSA) is 100 Å². The highest BCUT2D eigenvalue weighted by molar-refractivity contribution is 5.88. The van der Waals surface area contributed by atoms with Gasteiger partial charge in [0.05, 0.1) is 18.8 Å². The van der Waals surface area contributed by atoms with Crippen molar-refractivity contribution in [1.82, 2.24) is 34.4 Å². The van der Waals surface area contributed by atoms with E-state index in [1.807, 2.05) is 23.6 Å². The number of imidazole rings is 1. The molecule has 2 aliphatic rings. The minimum absolute atomic E-state index is 0.0589. The summed E-state index contributed by atoms with van der Waals surface area (Å²) in [4.78, 5) is 28.6. The molecule has 0 spiro atoms. The summed E-state index contributed by atoms with van der Waals surface area (Å²) in [6.07, 6.45) is -1.38. The Balaban J connectivity index is 1.67. The lowest BCUT2D eigenvalue weighted by atomic mass is 10.2. The second-order valence-electron chi connectivity index (χ2n) is 9.52. The lowest BCUT2D eigenvalue weighted by molar-refractivity contribution is -0.139. The zero-order valence-corrected chi connectivity index (χ0v) is 21.7. The van der Waals surface area contributed by atoms with E-state index in [2.05, 4.69) is 31.7 Å². The van der Waals surface area contributed by atoms with Crippen LogP contribution < -0.4 is 15.1 Å². The second kappa shape index (κ2) is 10.2. The number of anilines is 3. The summed E-state index contributed by atoms with van der Waals surface area (Å²) in [6.45, 7) is 10.5. The van der Waals surface area contributed by atoms with E-state index in [0.29, 0.717) is 68.8 Å². The van der Waals surface area contributed by atoms with Crippen molar-refractivity contribution in [2.24, 2.45) is 0 Å². The normalized spacial score (nSPS) is 18.8. The van der Waals surface area contributed by atoms with Gasteiger partial charge in [-0.05, 0) is 13.8 Å². The fraction of sp³-hybridized carbons (Fsp3) is 0.542. The molecule has 11 nitrogen and oxygen atoms in total. The maximum atomic E-state index is 13.9. The predicted octanol–water partition coefficient (Wildman–Crippen LogP) is 2.77. The predicted molar refractivity (Wildman–Crippen MR) is 138 cm³/mol. The summed E-state index contributed by atoms with van der Waals surface area (Å²) in [5, 5.41) is 2.85. The molecule has 0 bridgehead atoms. The molecule has 0 radical (unpaired) electrons. The molecule has 3 aromatic heterocycles. The number of piperazine rings is 1. The number of hydrogen-bond acceptors (Lipinski definition) is 10. The zero-order chi connectivity index (χ0) is 27.0. The number of halogens is 3. The molecule has 0 amide bonds. The van der Waals surface area contributed by atoms with Crippen molar-refractivity contribution in [2.45, 2.75) is 32.6 Å². The van der Waals surface area contributed by atoms with Crippen molar-refractivity contribution < 1.29 is 17.9 Å². The molecule has 1 N–H and O–H groups in total. The van der Waals surface area contributed by atoms with Gasteiger partial charge in [0.25, 0.3) is 0 Å². The Hall–Kier alpha value is -3.68. The Labute approximate surface area is 218 Å². The minimum Gasteiger partial charge on any atom is -0.378 e. The molecule has 2 saturated heterocycles. The molecule has 204 valence electrons. The average molecular weight is 533 g/mol. The molecule has 3 aromatic rings. The van der Waals surface area contributed by atoms with E-state index in [-0.39, 0.29) is 23.5 Å². The number of fused-ring (bicyclic) bond motifs is 1. The maximum Gasteiger partial charge on any atom is 0.406 e. The fourth-order valence-corrected chi connectivity index (χ4v) is 4.94. The molecule has 2 aliphatic heterocycles. The summed E-state index contributed by atoms with van der Waals surface area (Å²) < 4.78 is 48.4. The summed E-state index contributed by atoms with van der Waals surface area (Å²) in [7, 11) is 1.70. The lowest BCUT2D eigenvalue weighted by Crippen LogP contribution is -2.51. The van der Waals surface area contributed by atoms with Gasteiger partial charge in [0.15, 0.2) is 22.8 Å². The van der Waals surface area contributed by atoms with Gasteiger partial charge in [-0.25, -0.2) is 24.9 Å². The van der Waals surface area contributed by atoms with Crippen LogP contribution in [0.3, 0.4) is 0 Å². The number of alkyl halides is 3. The number of rotatable bonds is 6. The fourth-order valence-electron chi connectivity index (χ4n) is 4.94. The van der Waals surface area contributed by atoms with Crippen LogP contribution in [0, 0.1) is 0 Å². The van der Waals surface area contributed by atoms with Crippen LogP contribution >= 0.6 is 0 Å². The molecule has 5 heterocycles. The van der Waals surface area contributed by atoms with Crippen LogP contribution in [0.25, 0.3) is 22.6 Å². The molecule has 5 rings (SSSR count). The number of nitrogens with one attached hydrogen (secondary N) is 1. The standard InChI is InChI=1S/C24H31F3N10O/c1-15(2)36-6-5-35(13-16(36)3)23-31-18-20(34-7-9-38-10-8-34)32-19(17-11-29-22(28-4)30-12-17)33-21(18)37(23)14-24(25,26)27/h11-12,16H,1,5-10,13-14H2,2-4H3,(H,28,29,30)/t16-/m1/s1. The number of aromatic nitrogens is 6. The van der Waals surface area contributed by atoms with Gasteiger partial charge < -0.3 is 24.8 Å². The Morgan fingerprint density at radius 1 is 1.08 bits per heavy atom. The number of nitrogens with zero attached hydrogens (tertiary/aromatic N) is 9. The molecule has 1 atom stereocenters. The Kier molecular flexibility index (Phi) is 6.99. The molecule has 38 heavy (non-hydrogen) atoms. The Morgan fingerprint density at radius 2 is 1.79 bits per heavy atom. The van der Waals surface area contributed by atoms with Gasteiger partial charge in [-0.2, -0.15) is 13.2 Å². The van der Waals surface area contributed by atoms with Gasteiger partial charge >= 0.3 is 6.18 Å². The van der Waals surface area contributed by atoms with Crippen LogP contribution in [-0.4, -0.2) is 99.6 Å². The van der Waals surface area contributed by atoms with Gasteiger partial charge in [0, 0.05) is 63.9 Å². The number of allylic oxidation sites excluding steroid dienone is 1. The molecular weight excluding hydrogens is 501 g/mol. The van der Waals surface area contributed by atoms with Crippen LogP contribution in [0.2, 0.25) is 0 Å². The van der Waals surface area contributed by atoms with E-state index in [0.717, 1.165) is 10.3 Å². The SMILES string of the molecule is C=C(C)N1CCN(c2nc3c(N4CCOCC4)nc(-c4cnc(NC)nc4)nc3n2CC(F)(F)F)C[C@H]1C. The van der Waals surface area contributed by atoms with Crippen molar-refractivity contribution in [3.8, 4) is 11.4 Å². The van der Waals surface area contributed by atoms with Crippen LogP contribution in [0.5, 0.6) is 0 Å². The summed E-state index contributed by atoms with van der Waals surface area (Å²) >= 11 is 0. The molecule has 0 aliphatic carbocycles. The molecule has 14 heteroatoms. The molecular formula is C24H31F3N10O. The largest absolute Gasteiger partial charge is 0.406 e. The first-order valence-corrected chi connectivity index (χ1v) is 12.5. The third-order valence-electron chi connectivity index (χ3n) is 6.74. The molecule has 0 unspecified atom stereocenters. The van der Waals surface area contributed by atoms with Crippen LogP contribution in [0.1, 0.15) is 13.8 Å². The Bertz CT molecular complexity index is 1300. The van der Waals surface area contributed by atoms with Gasteiger partial charge in [0.1, 0.15) is 6.54 Å². The van der Waals surface area contributed by atoms with E-state index in [1.165, 1.54) is 0 Å². The highest BCUT2D eigenvalue weighted by atomic mass is 19.4. The lowest BCUT2D eigenvalue weighted by Gasteiger charge is -2.41. The minimum atomic E-state index is -4.48. The van der Waals surface area contributed by atoms with Crippen molar-refractivity contribution in [3.63, 3.8) is 0 Å². The van der Waals surface area contributed by atoms with Crippen molar-refractivity contribution in [3.05, 3.63) is 24.7 Å². The third-order valence-corrected chi connectivity index (χ3v) is 6.74. The average Bonchev–Trinajstić information content (AvgIpc) is 3.25. The highest BCUT2D eigenvalue weighted by Crippen LogP contribution is 2.34. The van der Waals surface area contributed by atoms with E-state index < -0.39 is 12.7 Å². The van der Waals surface area contributed by atoms with Crippen molar-refractivity contribution >= 4 is 28.9 Å². The zero-order valence-electron chi connectivity index (χ0n) is 21.7. The monoisotopic (exact) mass is 532 g/mol. The number of morpholine rings is 1. The Morgan fingerprint density at radius 3 is 2.39 bits per heavy atom. The maximum absolute atomic E-state index is 13.9. The van der Waals surface area contributed by atoms with Gasteiger partial charge in [-0.1, -0.05) is 6.58 Å². The second-order valence-corrected chi connectivity index (χ2v) is 9.52. The van der Waals surface area contributed by atoms with Crippen molar-refractivity contribution in [2.75, 3.05) is 68.1 Å². The molecule has 0 saturated carbocycles. The quantitative estimate of drug-likeness (QED) is 0.510. The smallest absolute Gasteiger partial charge is 0.378 e. The van der Waals surface area contributed by atoms with E-state index in [4.69, 9.17) is 14.7 Å². The van der Waals surface area contributed by atoms with Crippen LogP contribution in [-0.2, 0) is 11.3 Å². The van der Waals surface area contributed by atoms with Crippen LogP contribution in [0.15, 0.2) is 24.7 Å². The molecule has 2 fully saturated rings. The molecule has 0 aromatic carbocycles. The first kappa shape index (κ1) is 25.9. The van der Waals surface area contributed by atoms with E-state index >= 15 is 0 Å². The highest BCUT2D eigenvalue weighted by Gasteiger charge is 2.35. The number of ether oxygens (including phenoxy) is 1. The first-order valence-electron chi connectivity index (χ1n) is 12.5. The third kappa shape index (κ3) is 5.17. The van der Waals surface area contributed by atoms with Gasteiger partial charge in [-0.3, -0.25) is 4.57 Å². The summed E-state index contributed by atoms with van der Waals surface area (Å²) in [5.41, 5.74) is 1.87. The van der Waals surface area contributed by atoms with E-state index in [1.54, 1.807) is 19.4 Å². The summed E-state index contributed by atoms with van der Waals surface area (Å²) in [5.74, 6) is 1.35. The first-order chi connectivity index (χ1) is 18.1.